The molecule has 0 spiro atoms. The summed E-state index contributed by atoms with van der Waals surface area (Å²) < 4.78 is 0. The maximum atomic E-state index is 9.67. The lowest BCUT2D eigenvalue weighted by Crippen LogP contribution is -2.21. The van der Waals surface area contributed by atoms with E-state index in [0.717, 1.165) is 5.56 Å². The van der Waals surface area contributed by atoms with Gasteiger partial charge in [-0.05, 0) is 18.0 Å². The van der Waals surface area contributed by atoms with Crippen LogP contribution in [0.5, 0.6) is 0 Å². The van der Waals surface area contributed by atoms with Crippen LogP contribution in [-0.4, -0.2) is 27.8 Å². The number of nitrogens with zero attached hydrogens (tertiary/aromatic N) is 4. The fourth-order valence-electron chi connectivity index (χ4n) is 1.18. The third-order valence-electron chi connectivity index (χ3n) is 1.93. The van der Waals surface area contributed by atoms with Crippen molar-refractivity contribution in [1.82, 2.24) is 4.98 Å². The summed E-state index contributed by atoms with van der Waals surface area (Å²) in [7, 11) is 0. The SMILES string of the molecule is Cc1cncc(C(O)C(O)CN=[N+]=[N-])c1. The number of aryl methyl sites for hydroxylation is 1. The zero-order chi connectivity index (χ0) is 11.3. The van der Waals surface area contributed by atoms with E-state index in [2.05, 4.69) is 15.0 Å². The molecule has 0 aliphatic heterocycles. The van der Waals surface area contributed by atoms with E-state index in [4.69, 9.17) is 5.53 Å². The van der Waals surface area contributed by atoms with Crippen molar-refractivity contribution in [2.24, 2.45) is 5.11 Å². The first-order valence-electron chi connectivity index (χ1n) is 4.43. The molecule has 80 valence electrons. The predicted octanol–water partition coefficient (Wildman–Crippen LogP) is 1.09. The van der Waals surface area contributed by atoms with Gasteiger partial charge in [0.1, 0.15) is 6.10 Å². The van der Waals surface area contributed by atoms with E-state index in [1.807, 2.05) is 6.92 Å². The summed E-state index contributed by atoms with van der Waals surface area (Å²) in [6, 6.07) is 1.72. The van der Waals surface area contributed by atoms with Gasteiger partial charge in [-0.2, -0.15) is 0 Å². The first kappa shape index (κ1) is 11.5. The molecular formula is C9H12N4O2. The second-order valence-corrected chi connectivity index (χ2v) is 3.22. The van der Waals surface area contributed by atoms with Gasteiger partial charge in [0.05, 0.1) is 12.6 Å². The van der Waals surface area contributed by atoms with Crippen LogP contribution in [-0.2, 0) is 0 Å². The standard InChI is InChI=1S/C9H12N4O2/c1-6-2-7(4-11-3-6)9(15)8(14)5-12-13-10/h2-4,8-9,14-15H,5H2,1H3. The van der Waals surface area contributed by atoms with Crippen LogP contribution in [0.3, 0.4) is 0 Å². The van der Waals surface area contributed by atoms with E-state index in [0.29, 0.717) is 5.56 Å². The van der Waals surface area contributed by atoms with Gasteiger partial charge in [0.2, 0.25) is 0 Å². The molecule has 0 saturated heterocycles. The van der Waals surface area contributed by atoms with Gasteiger partial charge in [0, 0.05) is 22.9 Å². The average Bonchev–Trinajstić information content (AvgIpc) is 2.24. The number of hydrogen-bond donors (Lipinski definition) is 2. The highest BCUT2D eigenvalue weighted by atomic mass is 16.3. The molecule has 1 rings (SSSR count). The Kier molecular flexibility index (Phi) is 4.05. The number of azide groups is 1. The summed E-state index contributed by atoms with van der Waals surface area (Å²) in [6.07, 6.45) is 0.930. The fourth-order valence-corrected chi connectivity index (χ4v) is 1.18. The molecule has 1 heterocycles. The Morgan fingerprint density at radius 1 is 1.53 bits per heavy atom. The Morgan fingerprint density at radius 2 is 2.27 bits per heavy atom. The van der Waals surface area contributed by atoms with E-state index in [9.17, 15) is 10.2 Å². The first-order valence-corrected chi connectivity index (χ1v) is 4.43. The Bertz CT molecular complexity index is 376. The third-order valence-corrected chi connectivity index (χ3v) is 1.93. The molecule has 6 heteroatoms. The first-order chi connectivity index (χ1) is 7.15. The minimum absolute atomic E-state index is 0.161. The van der Waals surface area contributed by atoms with Crippen molar-refractivity contribution < 1.29 is 10.2 Å². The van der Waals surface area contributed by atoms with Crippen molar-refractivity contribution >= 4 is 0 Å². The molecule has 0 fully saturated rings. The van der Waals surface area contributed by atoms with Crippen LogP contribution in [0.15, 0.2) is 23.6 Å². The normalized spacial score (nSPS) is 14.1. The zero-order valence-electron chi connectivity index (χ0n) is 8.28. The van der Waals surface area contributed by atoms with E-state index in [-0.39, 0.29) is 6.54 Å². The largest absolute Gasteiger partial charge is 0.390 e. The van der Waals surface area contributed by atoms with Gasteiger partial charge in [-0.25, -0.2) is 0 Å². The van der Waals surface area contributed by atoms with Crippen molar-refractivity contribution in [2.45, 2.75) is 19.1 Å². The molecule has 15 heavy (non-hydrogen) atoms. The quantitative estimate of drug-likeness (QED) is 0.440. The summed E-state index contributed by atoms with van der Waals surface area (Å²) in [5.41, 5.74) is 9.47. The van der Waals surface area contributed by atoms with Crippen LogP contribution in [0.1, 0.15) is 17.2 Å². The van der Waals surface area contributed by atoms with E-state index < -0.39 is 12.2 Å². The van der Waals surface area contributed by atoms with Crippen molar-refractivity contribution in [3.8, 4) is 0 Å². The summed E-state index contributed by atoms with van der Waals surface area (Å²) >= 11 is 0. The number of aliphatic hydroxyl groups excluding tert-OH is 2. The molecule has 6 nitrogen and oxygen atoms in total. The van der Waals surface area contributed by atoms with Gasteiger partial charge in [-0.1, -0.05) is 11.2 Å². The summed E-state index contributed by atoms with van der Waals surface area (Å²) in [6.45, 7) is 1.68. The van der Waals surface area contributed by atoms with E-state index in [1.54, 1.807) is 12.3 Å². The molecular weight excluding hydrogens is 196 g/mol. The molecule has 2 atom stereocenters. The molecule has 1 aromatic heterocycles. The highest BCUT2D eigenvalue weighted by molar-refractivity contribution is 5.19. The van der Waals surface area contributed by atoms with Crippen LogP contribution in [0.25, 0.3) is 10.4 Å². The topological polar surface area (TPSA) is 102 Å². The Hall–Kier alpha value is -1.62. The number of hydrogen-bond acceptors (Lipinski definition) is 4. The van der Waals surface area contributed by atoms with Gasteiger partial charge in [0.25, 0.3) is 0 Å². The minimum atomic E-state index is -1.11. The average molecular weight is 208 g/mol. The van der Waals surface area contributed by atoms with Gasteiger partial charge in [-0.15, -0.1) is 0 Å². The maximum Gasteiger partial charge on any atom is 0.106 e. The highest BCUT2D eigenvalue weighted by Crippen LogP contribution is 2.17. The summed E-state index contributed by atoms with van der Waals surface area (Å²) in [5, 5.41) is 22.3. The summed E-state index contributed by atoms with van der Waals surface area (Å²) in [4.78, 5) is 6.40. The monoisotopic (exact) mass is 208 g/mol. The molecule has 0 saturated carbocycles. The maximum absolute atomic E-state index is 9.67. The Labute approximate surface area is 86.8 Å². The number of aliphatic hydroxyl groups is 2. The van der Waals surface area contributed by atoms with Crippen LogP contribution in [0, 0.1) is 6.92 Å². The van der Waals surface area contributed by atoms with E-state index >= 15 is 0 Å². The minimum Gasteiger partial charge on any atom is -0.390 e. The molecule has 2 unspecified atom stereocenters. The van der Waals surface area contributed by atoms with Crippen molar-refractivity contribution in [3.63, 3.8) is 0 Å². The van der Waals surface area contributed by atoms with Crippen molar-refractivity contribution in [3.05, 3.63) is 40.0 Å². The number of pyridine rings is 1. The second kappa shape index (κ2) is 5.31. The molecule has 2 N–H and O–H groups in total. The lowest BCUT2D eigenvalue weighted by molar-refractivity contribution is 0.0242. The lowest BCUT2D eigenvalue weighted by atomic mass is 10.1. The summed E-state index contributed by atoms with van der Waals surface area (Å²) in [5.74, 6) is 0. The molecule has 0 aromatic carbocycles. The van der Waals surface area contributed by atoms with E-state index in [1.165, 1.54) is 6.20 Å². The van der Waals surface area contributed by atoms with Gasteiger partial charge in [0.15, 0.2) is 0 Å². The number of aromatic nitrogens is 1. The molecule has 0 radical (unpaired) electrons. The highest BCUT2D eigenvalue weighted by Gasteiger charge is 2.17. The zero-order valence-corrected chi connectivity index (χ0v) is 8.28. The van der Waals surface area contributed by atoms with Crippen LogP contribution in [0.4, 0.5) is 0 Å². The molecule has 1 aromatic rings. The second-order valence-electron chi connectivity index (χ2n) is 3.22. The number of rotatable bonds is 4. The smallest absolute Gasteiger partial charge is 0.106 e. The van der Waals surface area contributed by atoms with Gasteiger partial charge in [-0.3, -0.25) is 4.98 Å². The van der Waals surface area contributed by atoms with Gasteiger partial charge < -0.3 is 10.2 Å². The molecule has 0 bridgehead atoms. The third kappa shape index (κ3) is 3.21. The molecule has 0 aliphatic rings. The lowest BCUT2D eigenvalue weighted by Gasteiger charge is -2.15. The molecule has 0 amide bonds. The van der Waals surface area contributed by atoms with Crippen molar-refractivity contribution in [2.75, 3.05) is 6.54 Å². The van der Waals surface area contributed by atoms with Crippen LogP contribution in [0.2, 0.25) is 0 Å². The predicted molar refractivity (Wildman–Crippen MR) is 54.0 cm³/mol. The van der Waals surface area contributed by atoms with Gasteiger partial charge >= 0.3 is 0 Å². The van der Waals surface area contributed by atoms with Crippen molar-refractivity contribution in [1.29, 1.82) is 0 Å². The fraction of sp³-hybridized carbons (Fsp3) is 0.444. The van der Waals surface area contributed by atoms with Crippen LogP contribution >= 0.6 is 0 Å². The van der Waals surface area contributed by atoms with Crippen LogP contribution < -0.4 is 0 Å². The molecule has 0 aliphatic carbocycles. The Balaban J connectivity index is 2.75. The Morgan fingerprint density at radius 3 is 2.87 bits per heavy atom.